The van der Waals surface area contributed by atoms with E-state index in [-0.39, 0.29) is 11.1 Å². The minimum atomic E-state index is -0.452. The molecule has 0 bridgehead atoms. The van der Waals surface area contributed by atoms with Crippen LogP contribution < -0.4 is 5.32 Å². The van der Waals surface area contributed by atoms with Gasteiger partial charge in [-0.05, 0) is 52.8 Å². The van der Waals surface area contributed by atoms with Crippen molar-refractivity contribution in [3.8, 4) is 0 Å². The highest BCUT2D eigenvalue weighted by molar-refractivity contribution is 9.10. The first-order valence-corrected chi connectivity index (χ1v) is 8.05. The van der Waals surface area contributed by atoms with Gasteiger partial charge < -0.3 is 5.32 Å². The van der Waals surface area contributed by atoms with Crippen LogP contribution in [0.25, 0.3) is 0 Å². The molecule has 106 valence electrons. The fourth-order valence-corrected chi connectivity index (χ4v) is 3.11. The van der Waals surface area contributed by atoms with Gasteiger partial charge in [0.1, 0.15) is 5.82 Å². The SMILES string of the molecule is CNC(c1cc(Cl)ccc1Br)c1ccc(Br)c(Cl)c1F. The molecule has 0 spiro atoms. The van der Waals surface area contributed by atoms with Crippen LogP contribution in [0.4, 0.5) is 4.39 Å². The van der Waals surface area contributed by atoms with Crippen LogP contribution in [0, 0.1) is 5.82 Å². The van der Waals surface area contributed by atoms with Crippen LogP contribution in [0.3, 0.4) is 0 Å². The Morgan fingerprint density at radius 3 is 2.35 bits per heavy atom. The highest BCUT2D eigenvalue weighted by atomic mass is 79.9. The third-order valence-corrected chi connectivity index (χ3v) is 5.15. The summed E-state index contributed by atoms with van der Waals surface area (Å²) >= 11 is 18.7. The van der Waals surface area contributed by atoms with Gasteiger partial charge >= 0.3 is 0 Å². The molecule has 6 heteroatoms. The lowest BCUT2D eigenvalue weighted by atomic mass is 9.98. The maximum Gasteiger partial charge on any atom is 0.148 e. The van der Waals surface area contributed by atoms with E-state index >= 15 is 0 Å². The standard InChI is InChI=1S/C14H10Br2Cl2FN/c1-20-14(9-6-7(17)2-4-10(9)15)8-3-5-11(16)12(18)13(8)19/h2-6,14,20H,1H3. The lowest BCUT2D eigenvalue weighted by molar-refractivity contribution is 0.575. The molecule has 1 nitrogen and oxygen atoms in total. The molecule has 0 amide bonds. The number of nitrogens with one attached hydrogen (secondary N) is 1. The largest absolute Gasteiger partial charge is 0.309 e. The van der Waals surface area contributed by atoms with E-state index in [1.54, 1.807) is 31.3 Å². The average molecular weight is 442 g/mol. The fraction of sp³-hybridized carbons (Fsp3) is 0.143. The summed E-state index contributed by atoms with van der Waals surface area (Å²) in [5.74, 6) is -0.452. The van der Waals surface area contributed by atoms with Crippen molar-refractivity contribution in [1.82, 2.24) is 5.32 Å². The van der Waals surface area contributed by atoms with E-state index in [9.17, 15) is 4.39 Å². The Balaban J connectivity index is 2.58. The molecule has 0 aliphatic rings. The molecule has 1 atom stereocenters. The summed E-state index contributed by atoms with van der Waals surface area (Å²) in [6, 6.07) is 8.47. The Labute approximate surface area is 143 Å². The molecule has 0 aliphatic heterocycles. The van der Waals surface area contributed by atoms with E-state index in [1.807, 2.05) is 6.07 Å². The predicted molar refractivity (Wildman–Crippen MR) is 89.2 cm³/mol. The summed E-state index contributed by atoms with van der Waals surface area (Å²) in [5.41, 5.74) is 1.31. The summed E-state index contributed by atoms with van der Waals surface area (Å²) in [7, 11) is 1.76. The maximum atomic E-state index is 14.4. The van der Waals surface area contributed by atoms with Crippen LogP contribution in [-0.4, -0.2) is 7.05 Å². The lowest BCUT2D eigenvalue weighted by Gasteiger charge is -2.20. The summed E-state index contributed by atoms with van der Waals surface area (Å²) < 4.78 is 15.7. The molecule has 20 heavy (non-hydrogen) atoms. The second-order valence-electron chi connectivity index (χ2n) is 4.15. The molecule has 0 saturated heterocycles. The van der Waals surface area contributed by atoms with Gasteiger partial charge in [0.25, 0.3) is 0 Å². The van der Waals surface area contributed by atoms with E-state index < -0.39 is 5.82 Å². The molecule has 0 aromatic heterocycles. The molecule has 1 unspecified atom stereocenters. The van der Waals surface area contributed by atoms with Gasteiger partial charge in [-0.1, -0.05) is 45.2 Å². The van der Waals surface area contributed by atoms with Gasteiger partial charge in [0, 0.05) is 19.5 Å². The first-order chi connectivity index (χ1) is 9.45. The van der Waals surface area contributed by atoms with Crippen molar-refractivity contribution in [3.05, 3.63) is 66.3 Å². The van der Waals surface area contributed by atoms with Crippen molar-refractivity contribution >= 4 is 55.1 Å². The van der Waals surface area contributed by atoms with E-state index in [0.29, 0.717) is 15.1 Å². The minimum Gasteiger partial charge on any atom is -0.309 e. The molecule has 2 aromatic rings. The van der Waals surface area contributed by atoms with Gasteiger partial charge in [-0.2, -0.15) is 0 Å². The molecule has 2 aromatic carbocycles. The first kappa shape index (κ1) is 16.2. The molecule has 0 saturated carbocycles. The van der Waals surface area contributed by atoms with E-state index in [0.717, 1.165) is 10.0 Å². The molecular formula is C14H10Br2Cl2FN. The Bertz CT molecular complexity index is 649. The van der Waals surface area contributed by atoms with Crippen LogP contribution in [0.15, 0.2) is 39.3 Å². The molecule has 0 fully saturated rings. The van der Waals surface area contributed by atoms with Crippen molar-refractivity contribution in [1.29, 1.82) is 0 Å². The Hall–Kier alpha value is -0.130. The molecule has 0 heterocycles. The zero-order valence-corrected chi connectivity index (χ0v) is 15.0. The van der Waals surface area contributed by atoms with Gasteiger partial charge in [-0.25, -0.2) is 4.39 Å². The Morgan fingerprint density at radius 1 is 1.05 bits per heavy atom. The summed E-state index contributed by atoms with van der Waals surface area (Å²) in [4.78, 5) is 0. The van der Waals surface area contributed by atoms with E-state index in [1.165, 1.54) is 0 Å². The summed E-state index contributed by atoms with van der Waals surface area (Å²) in [5, 5.41) is 3.75. The van der Waals surface area contributed by atoms with Crippen molar-refractivity contribution < 1.29 is 4.39 Å². The van der Waals surface area contributed by atoms with Gasteiger partial charge in [0.2, 0.25) is 0 Å². The maximum absolute atomic E-state index is 14.4. The molecule has 1 N–H and O–H groups in total. The first-order valence-electron chi connectivity index (χ1n) is 5.71. The highest BCUT2D eigenvalue weighted by Crippen LogP contribution is 2.35. The zero-order chi connectivity index (χ0) is 14.9. The van der Waals surface area contributed by atoms with E-state index in [2.05, 4.69) is 37.2 Å². The third-order valence-electron chi connectivity index (χ3n) is 2.93. The molecular weight excluding hydrogens is 432 g/mol. The van der Waals surface area contributed by atoms with Crippen molar-refractivity contribution in [3.63, 3.8) is 0 Å². The van der Waals surface area contributed by atoms with Gasteiger partial charge in [0.05, 0.1) is 11.1 Å². The van der Waals surface area contributed by atoms with Crippen LogP contribution in [0.2, 0.25) is 10.0 Å². The normalized spacial score (nSPS) is 12.5. The monoisotopic (exact) mass is 439 g/mol. The van der Waals surface area contributed by atoms with Crippen LogP contribution in [0.1, 0.15) is 17.2 Å². The van der Waals surface area contributed by atoms with Crippen LogP contribution >= 0.6 is 55.1 Å². The molecule has 0 aliphatic carbocycles. The van der Waals surface area contributed by atoms with Gasteiger partial charge in [0.15, 0.2) is 0 Å². The fourth-order valence-electron chi connectivity index (χ4n) is 1.98. The van der Waals surface area contributed by atoms with E-state index in [4.69, 9.17) is 23.2 Å². The number of hydrogen-bond donors (Lipinski definition) is 1. The number of rotatable bonds is 3. The topological polar surface area (TPSA) is 12.0 Å². The minimum absolute atomic E-state index is 0.0703. The molecule has 0 radical (unpaired) electrons. The second-order valence-corrected chi connectivity index (χ2v) is 6.68. The highest BCUT2D eigenvalue weighted by Gasteiger charge is 2.21. The second kappa shape index (κ2) is 6.75. The Kier molecular flexibility index (Phi) is 5.49. The van der Waals surface area contributed by atoms with Crippen LogP contribution in [-0.2, 0) is 0 Å². The van der Waals surface area contributed by atoms with Gasteiger partial charge in [-0.3, -0.25) is 0 Å². The van der Waals surface area contributed by atoms with Crippen molar-refractivity contribution in [2.24, 2.45) is 0 Å². The summed E-state index contributed by atoms with van der Waals surface area (Å²) in [6.45, 7) is 0. The summed E-state index contributed by atoms with van der Waals surface area (Å²) in [6.07, 6.45) is 0. The third kappa shape index (κ3) is 3.20. The lowest BCUT2D eigenvalue weighted by Crippen LogP contribution is -2.19. The quantitative estimate of drug-likeness (QED) is 0.579. The molecule has 2 rings (SSSR count). The number of halogens is 5. The van der Waals surface area contributed by atoms with Crippen LogP contribution in [0.5, 0.6) is 0 Å². The predicted octanol–water partition coefficient (Wildman–Crippen LogP) is 5.97. The number of hydrogen-bond acceptors (Lipinski definition) is 1. The zero-order valence-electron chi connectivity index (χ0n) is 10.4. The van der Waals surface area contributed by atoms with Crippen molar-refractivity contribution in [2.75, 3.05) is 7.05 Å². The van der Waals surface area contributed by atoms with Crippen molar-refractivity contribution in [2.45, 2.75) is 6.04 Å². The smallest absolute Gasteiger partial charge is 0.148 e. The average Bonchev–Trinajstić information content (AvgIpc) is 2.43. The van der Waals surface area contributed by atoms with Gasteiger partial charge in [-0.15, -0.1) is 0 Å². The number of benzene rings is 2. The Morgan fingerprint density at radius 2 is 1.70 bits per heavy atom.